The van der Waals surface area contributed by atoms with E-state index in [1.165, 1.54) is 15.9 Å². The number of aromatic nitrogens is 4. The van der Waals surface area contributed by atoms with Crippen molar-refractivity contribution in [2.75, 3.05) is 11.9 Å². The van der Waals surface area contributed by atoms with Crippen molar-refractivity contribution in [2.24, 2.45) is 5.73 Å². The summed E-state index contributed by atoms with van der Waals surface area (Å²) in [6.45, 7) is 0.660. The van der Waals surface area contributed by atoms with Gasteiger partial charge in [0.25, 0.3) is 11.5 Å². The summed E-state index contributed by atoms with van der Waals surface area (Å²) in [5, 5.41) is 7.51. The van der Waals surface area contributed by atoms with E-state index in [0.29, 0.717) is 30.8 Å². The Morgan fingerprint density at radius 2 is 2.00 bits per heavy atom. The van der Waals surface area contributed by atoms with Crippen LogP contribution >= 0.6 is 0 Å². The molecule has 162 valence electrons. The molecular formula is C24H24N6O2. The molecule has 1 amide bonds. The summed E-state index contributed by atoms with van der Waals surface area (Å²) >= 11 is 0. The molecule has 4 N–H and O–H groups in total. The van der Waals surface area contributed by atoms with Crippen LogP contribution < -0.4 is 16.6 Å². The molecule has 0 saturated heterocycles. The number of hydrogen-bond acceptors (Lipinski definition) is 5. The number of carbonyl (C=O) groups is 1. The molecule has 32 heavy (non-hydrogen) atoms. The van der Waals surface area contributed by atoms with E-state index in [9.17, 15) is 9.59 Å². The fourth-order valence-corrected chi connectivity index (χ4v) is 4.45. The first-order valence-electron chi connectivity index (χ1n) is 10.8. The number of nitrogens with one attached hydrogen (secondary N) is 2. The van der Waals surface area contributed by atoms with Gasteiger partial charge in [-0.3, -0.25) is 19.7 Å². The zero-order valence-electron chi connectivity index (χ0n) is 17.6. The number of benzene rings is 1. The molecule has 8 nitrogen and oxygen atoms in total. The van der Waals surface area contributed by atoms with Gasteiger partial charge in [-0.15, -0.1) is 0 Å². The third-order valence-electron chi connectivity index (χ3n) is 5.94. The fraction of sp³-hybridized carbons (Fsp3) is 0.250. The van der Waals surface area contributed by atoms with Crippen LogP contribution in [0.15, 0.2) is 53.5 Å². The number of hydrogen-bond donors (Lipinski definition) is 3. The number of anilines is 1. The van der Waals surface area contributed by atoms with Gasteiger partial charge >= 0.3 is 0 Å². The van der Waals surface area contributed by atoms with Gasteiger partial charge in [-0.2, -0.15) is 0 Å². The third-order valence-corrected chi connectivity index (χ3v) is 5.94. The molecule has 8 heteroatoms. The third kappa shape index (κ3) is 3.53. The second kappa shape index (κ2) is 8.30. The first kappa shape index (κ1) is 20.0. The van der Waals surface area contributed by atoms with Gasteiger partial charge in [0.1, 0.15) is 5.69 Å². The smallest absolute Gasteiger partial charge is 0.276 e. The largest absolute Gasteiger partial charge is 0.384 e. The number of pyridine rings is 2. The Bertz CT molecular complexity index is 1360. The Morgan fingerprint density at radius 3 is 2.81 bits per heavy atom. The summed E-state index contributed by atoms with van der Waals surface area (Å²) in [7, 11) is 0. The Hall–Kier alpha value is -3.94. The van der Waals surface area contributed by atoms with E-state index >= 15 is 0 Å². The average molecular weight is 428 g/mol. The molecular weight excluding hydrogens is 404 g/mol. The first-order valence-corrected chi connectivity index (χ1v) is 10.8. The Labute approximate surface area is 184 Å². The predicted molar refractivity (Wildman–Crippen MR) is 123 cm³/mol. The zero-order chi connectivity index (χ0) is 22.1. The van der Waals surface area contributed by atoms with Crippen molar-refractivity contribution in [2.45, 2.75) is 32.1 Å². The number of nitrogens with two attached hydrogens (primary N) is 1. The number of carbonyl (C=O) groups excluding carboxylic acids is 1. The van der Waals surface area contributed by atoms with Gasteiger partial charge in [0.2, 0.25) is 0 Å². The Morgan fingerprint density at radius 1 is 1.16 bits per heavy atom. The quantitative estimate of drug-likeness (QED) is 0.391. The SMILES string of the molecule is NC(=O)c1[nH]n(-c2ccccn2)c(=O)c1CCCNc1c2c(nc3ccccc13)CCC2. The molecule has 3 aromatic heterocycles. The van der Waals surface area contributed by atoms with E-state index < -0.39 is 5.91 Å². The first-order chi connectivity index (χ1) is 15.6. The average Bonchev–Trinajstić information content (AvgIpc) is 3.41. The van der Waals surface area contributed by atoms with Gasteiger partial charge in [0.15, 0.2) is 5.82 Å². The molecule has 5 rings (SSSR count). The molecule has 1 aliphatic carbocycles. The highest BCUT2D eigenvalue weighted by atomic mass is 16.2. The summed E-state index contributed by atoms with van der Waals surface area (Å²) in [5.74, 6) is -0.235. The van der Waals surface area contributed by atoms with Crippen LogP contribution in [0.1, 0.15) is 40.2 Å². The minimum atomic E-state index is -0.655. The lowest BCUT2D eigenvalue weighted by Gasteiger charge is -2.14. The van der Waals surface area contributed by atoms with E-state index in [1.54, 1.807) is 24.4 Å². The molecule has 4 aromatic rings. The number of fused-ring (bicyclic) bond motifs is 2. The fourth-order valence-electron chi connectivity index (χ4n) is 4.45. The highest BCUT2D eigenvalue weighted by molar-refractivity contribution is 5.94. The van der Waals surface area contributed by atoms with Crippen molar-refractivity contribution < 1.29 is 4.79 Å². The second-order valence-electron chi connectivity index (χ2n) is 7.97. The van der Waals surface area contributed by atoms with Gasteiger partial charge in [-0.25, -0.2) is 9.67 Å². The molecule has 0 bridgehead atoms. The minimum Gasteiger partial charge on any atom is -0.384 e. The number of aryl methyl sites for hydroxylation is 1. The molecule has 0 aliphatic heterocycles. The maximum Gasteiger partial charge on any atom is 0.276 e. The molecule has 0 saturated carbocycles. The van der Waals surface area contributed by atoms with E-state index in [0.717, 1.165) is 35.9 Å². The molecule has 1 aromatic carbocycles. The van der Waals surface area contributed by atoms with Crippen molar-refractivity contribution in [3.8, 4) is 5.82 Å². The van der Waals surface area contributed by atoms with Gasteiger partial charge in [0.05, 0.1) is 5.52 Å². The number of rotatable bonds is 7. The van der Waals surface area contributed by atoms with Crippen LogP contribution in [0.5, 0.6) is 0 Å². The maximum atomic E-state index is 12.9. The number of amides is 1. The van der Waals surface area contributed by atoms with E-state index in [-0.39, 0.29) is 11.3 Å². The number of aromatic amines is 1. The van der Waals surface area contributed by atoms with Crippen LogP contribution in [0.2, 0.25) is 0 Å². The van der Waals surface area contributed by atoms with Crippen LogP contribution in [-0.2, 0) is 19.3 Å². The van der Waals surface area contributed by atoms with E-state index in [4.69, 9.17) is 10.7 Å². The van der Waals surface area contributed by atoms with Crippen LogP contribution in [0.4, 0.5) is 5.69 Å². The van der Waals surface area contributed by atoms with E-state index in [1.807, 2.05) is 18.2 Å². The molecule has 0 atom stereocenters. The van der Waals surface area contributed by atoms with Gasteiger partial charge in [0, 0.05) is 35.1 Å². The lowest BCUT2D eigenvalue weighted by atomic mass is 10.1. The molecule has 0 spiro atoms. The highest BCUT2D eigenvalue weighted by Gasteiger charge is 2.21. The lowest BCUT2D eigenvalue weighted by molar-refractivity contribution is 0.0994. The minimum absolute atomic E-state index is 0.135. The number of H-pyrrole nitrogens is 1. The summed E-state index contributed by atoms with van der Waals surface area (Å²) < 4.78 is 1.27. The van der Waals surface area contributed by atoms with Crippen LogP contribution in [0.3, 0.4) is 0 Å². The lowest BCUT2D eigenvalue weighted by Crippen LogP contribution is -2.19. The number of primary amides is 1. The van der Waals surface area contributed by atoms with Crippen molar-refractivity contribution >= 4 is 22.5 Å². The van der Waals surface area contributed by atoms with Crippen LogP contribution in [0, 0.1) is 0 Å². The zero-order valence-corrected chi connectivity index (χ0v) is 17.6. The molecule has 1 aliphatic rings. The molecule has 0 unspecified atom stereocenters. The molecule has 0 radical (unpaired) electrons. The normalized spacial score (nSPS) is 12.8. The second-order valence-corrected chi connectivity index (χ2v) is 7.97. The molecule has 0 fully saturated rings. The predicted octanol–water partition coefficient (Wildman–Crippen LogP) is 2.74. The Kier molecular flexibility index (Phi) is 5.18. The summed E-state index contributed by atoms with van der Waals surface area (Å²) in [4.78, 5) is 33.9. The topological polar surface area (TPSA) is 119 Å². The monoisotopic (exact) mass is 428 g/mol. The highest BCUT2D eigenvalue weighted by Crippen LogP contribution is 2.33. The van der Waals surface area contributed by atoms with Crippen LogP contribution in [-0.4, -0.2) is 32.2 Å². The standard InChI is InChI=1S/C24H24N6O2/c25-23(31)22-17(24(32)30(29-22)20-12-3-4-13-26-20)9-6-14-27-21-15-7-1-2-10-18(15)28-19-11-5-8-16(19)21/h1-4,7,10,12-13,29H,5-6,8-9,11,14H2,(H2,25,31)(H,27,28). The summed E-state index contributed by atoms with van der Waals surface area (Å²) in [6.07, 6.45) is 5.83. The van der Waals surface area contributed by atoms with Gasteiger partial charge < -0.3 is 11.1 Å². The van der Waals surface area contributed by atoms with E-state index in [2.05, 4.69) is 21.5 Å². The van der Waals surface area contributed by atoms with Crippen molar-refractivity contribution in [1.29, 1.82) is 0 Å². The van der Waals surface area contributed by atoms with Gasteiger partial charge in [-0.1, -0.05) is 24.3 Å². The van der Waals surface area contributed by atoms with Crippen molar-refractivity contribution in [1.82, 2.24) is 19.7 Å². The summed E-state index contributed by atoms with van der Waals surface area (Å²) in [6, 6.07) is 13.4. The van der Waals surface area contributed by atoms with Crippen molar-refractivity contribution in [3.05, 3.63) is 81.5 Å². The number of nitrogens with zero attached hydrogens (tertiary/aromatic N) is 3. The van der Waals surface area contributed by atoms with Crippen molar-refractivity contribution in [3.63, 3.8) is 0 Å². The van der Waals surface area contributed by atoms with Crippen LogP contribution in [0.25, 0.3) is 16.7 Å². The summed E-state index contributed by atoms with van der Waals surface area (Å²) in [5.41, 5.74) is 10.3. The molecule has 3 heterocycles. The Balaban J connectivity index is 1.37. The number of para-hydroxylation sites is 1. The maximum absolute atomic E-state index is 12.9. The van der Waals surface area contributed by atoms with Gasteiger partial charge in [-0.05, 0) is 55.9 Å².